The number of hydrogen-bond donors (Lipinski definition) is 0. The van der Waals surface area contributed by atoms with Crippen LogP contribution in [0.15, 0.2) is 89.3 Å². The van der Waals surface area contributed by atoms with E-state index in [0.29, 0.717) is 0 Å². The van der Waals surface area contributed by atoms with Gasteiger partial charge in [0.25, 0.3) is 0 Å². The first-order chi connectivity index (χ1) is 13.3. The van der Waals surface area contributed by atoms with Crippen molar-refractivity contribution in [3.63, 3.8) is 0 Å². The third-order valence-electron chi connectivity index (χ3n) is 5.61. The molecule has 4 aromatic carbocycles. The van der Waals surface area contributed by atoms with Crippen LogP contribution in [0.4, 0.5) is 0 Å². The number of para-hydroxylation sites is 2. The monoisotopic (exact) mass is 347 g/mol. The summed E-state index contributed by atoms with van der Waals surface area (Å²) in [5.74, 6) is 0. The van der Waals surface area contributed by atoms with Gasteiger partial charge in [0.1, 0.15) is 11.2 Å². The maximum atomic E-state index is 6.38. The van der Waals surface area contributed by atoms with Gasteiger partial charge in [-0.1, -0.05) is 66.7 Å². The normalized spacial score (nSPS) is 11.9. The van der Waals surface area contributed by atoms with Crippen molar-refractivity contribution in [1.82, 2.24) is 4.57 Å². The van der Waals surface area contributed by atoms with E-state index in [1.807, 2.05) is 6.07 Å². The Labute approximate surface area is 156 Å². The Morgan fingerprint density at radius 1 is 0.667 bits per heavy atom. The molecule has 0 aliphatic rings. The van der Waals surface area contributed by atoms with Gasteiger partial charge in [-0.2, -0.15) is 0 Å². The summed E-state index contributed by atoms with van der Waals surface area (Å²) in [6.45, 7) is 0. The van der Waals surface area contributed by atoms with Gasteiger partial charge in [0, 0.05) is 34.3 Å². The van der Waals surface area contributed by atoms with E-state index in [1.165, 1.54) is 38.1 Å². The van der Waals surface area contributed by atoms with Gasteiger partial charge in [0.15, 0.2) is 0 Å². The molecule has 128 valence electrons. The van der Waals surface area contributed by atoms with Crippen LogP contribution in [0.3, 0.4) is 0 Å². The number of furan rings is 1. The first-order valence-corrected chi connectivity index (χ1v) is 9.20. The maximum absolute atomic E-state index is 6.38. The molecule has 0 atom stereocenters. The van der Waals surface area contributed by atoms with Gasteiger partial charge < -0.3 is 8.98 Å². The number of aryl methyl sites for hydroxylation is 1. The number of aromatic nitrogens is 1. The molecule has 6 rings (SSSR count). The molecule has 27 heavy (non-hydrogen) atoms. The van der Waals surface area contributed by atoms with Crippen molar-refractivity contribution in [2.45, 2.75) is 0 Å². The third-order valence-corrected chi connectivity index (χ3v) is 5.61. The topological polar surface area (TPSA) is 18.1 Å². The first kappa shape index (κ1) is 14.6. The maximum Gasteiger partial charge on any atom is 0.143 e. The van der Waals surface area contributed by atoms with Crippen LogP contribution in [-0.4, -0.2) is 4.57 Å². The second kappa shape index (κ2) is 5.24. The van der Waals surface area contributed by atoms with Crippen LogP contribution < -0.4 is 0 Å². The summed E-state index contributed by atoms with van der Waals surface area (Å²) < 4.78 is 8.67. The molecule has 2 heterocycles. The van der Waals surface area contributed by atoms with Crippen LogP contribution in [0.5, 0.6) is 0 Å². The van der Waals surface area contributed by atoms with Gasteiger partial charge in [-0.25, -0.2) is 0 Å². The molecule has 6 aromatic rings. The van der Waals surface area contributed by atoms with Crippen molar-refractivity contribution < 1.29 is 4.42 Å². The van der Waals surface area contributed by atoms with Gasteiger partial charge in [0.05, 0.1) is 10.9 Å². The summed E-state index contributed by atoms with van der Waals surface area (Å²) >= 11 is 0. The highest BCUT2D eigenvalue weighted by Crippen LogP contribution is 2.41. The second-order valence-electron chi connectivity index (χ2n) is 7.06. The smallest absolute Gasteiger partial charge is 0.143 e. The van der Waals surface area contributed by atoms with Crippen LogP contribution in [0.25, 0.3) is 54.9 Å². The van der Waals surface area contributed by atoms with Crippen molar-refractivity contribution in [1.29, 1.82) is 0 Å². The highest BCUT2D eigenvalue weighted by molar-refractivity contribution is 6.24. The molecule has 2 heteroatoms. The lowest BCUT2D eigenvalue weighted by molar-refractivity contribution is 0.670. The fraction of sp³-hybridized carbons (Fsp3) is 0.0400. The van der Waals surface area contributed by atoms with Crippen LogP contribution in [-0.2, 0) is 7.05 Å². The molecule has 0 unspecified atom stereocenters. The Morgan fingerprint density at radius 3 is 2.33 bits per heavy atom. The fourth-order valence-electron chi connectivity index (χ4n) is 4.40. The Morgan fingerprint density at radius 2 is 1.44 bits per heavy atom. The number of hydrogen-bond acceptors (Lipinski definition) is 1. The Bertz CT molecular complexity index is 1470. The molecule has 0 bridgehead atoms. The molecule has 0 aliphatic carbocycles. The fourth-order valence-corrected chi connectivity index (χ4v) is 4.40. The minimum atomic E-state index is 0.937. The van der Waals surface area contributed by atoms with Crippen molar-refractivity contribution >= 4 is 43.7 Å². The van der Waals surface area contributed by atoms with E-state index in [4.69, 9.17) is 4.42 Å². The molecule has 0 fully saturated rings. The number of fused-ring (bicyclic) bond motifs is 7. The average Bonchev–Trinajstić information content (AvgIpc) is 3.24. The van der Waals surface area contributed by atoms with E-state index >= 15 is 0 Å². The van der Waals surface area contributed by atoms with E-state index in [2.05, 4.69) is 90.5 Å². The lowest BCUT2D eigenvalue weighted by atomic mass is 10.0. The van der Waals surface area contributed by atoms with E-state index in [1.54, 1.807) is 0 Å². The quantitative estimate of drug-likeness (QED) is 0.316. The molecular formula is C25H17NO. The van der Waals surface area contributed by atoms with Crippen molar-refractivity contribution in [3.05, 3.63) is 84.9 Å². The summed E-state index contributed by atoms with van der Waals surface area (Å²) in [5.41, 5.74) is 6.68. The molecule has 0 radical (unpaired) electrons. The molecule has 0 saturated heterocycles. The lowest BCUT2D eigenvalue weighted by Gasteiger charge is -2.02. The Hall–Kier alpha value is -3.52. The number of benzene rings is 4. The minimum Gasteiger partial charge on any atom is -0.455 e. The Kier molecular flexibility index (Phi) is 2.84. The lowest BCUT2D eigenvalue weighted by Crippen LogP contribution is -1.86. The SMILES string of the molecule is Cn1c2ccccc2c2ccc3oc4c(-c5ccccc5)cccc4c3c21. The summed E-state index contributed by atoms with van der Waals surface area (Å²) in [6.07, 6.45) is 0. The molecular weight excluding hydrogens is 330 g/mol. The number of rotatable bonds is 1. The van der Waals surface area contributed by atoms with Gasteiger partial charge in [-0.05, 0) is 23.8 Å². The zero-order valence-corrected chi connectivity index (χ0v) is 14.9. The molecule has 0 spiro atoms. The minimum absolute atomic E-state index is 0.937. The van der Waals surface area contributed by atoms with Gasteiger partial charge in [0.2, 0.25) is 0 Å². The average molecular weight is 347 g/mol. The van der Waals surface area contributed by atoms with E-state index < -0.39 is 0 Å². The standard InChI is InChI=1S/C25H17NO/c1-26-21-13-6-5-10-18(21)19-14-15-22-23(24(19)26)20-12-7-11-17(25(20)27-22)16-8-3-2-4-9-16/h2-15H,1H3. The zero-order valence-electron chi connectivity index (χ0n) is 14.9. The molecule has 0 aliphatic heterocycles. The van der Waals surface area contributed by atoms with Crippen molar-refractivity contribution in [2.24, 2.45) is 7.05 Å². The van der Waals surface area contributed by atoms with Crippen LogP contribution in [0.2, 0.25) is 0 Å². The van der Waals surface area contributed by atoms with Gasteiger partial charge >= 0.3 is 0 Å². The zero-order chi connectivity index (χ0) is 18.0. The third kappa shape index (κ3) is 1.90. The summed E-state index contributed by atoms with van der Waals surface area (Å²) in [7, 11) is 2.14. The predicted molar refractivity (Wildman–Crippen MR) is 113 cm³/mol. The van der Waals surface area contributed by atoms with Crippen molar-refractivity contribution in [3.8, 4) is 11.1 Å². The summed E-state index contributed by atoms with van der Waals surface area (Å²) in [6, 6.07) is 29.8. The largest absolute Gasteiger partial charge is 0.455 e. The molecule has 0 saturated carbocycles. The van der Waals surface area contributed by atoms with Crippen molar-refractivity contribution in [2.75, 3.05) is 0 Å². The second-order valence-corrected chi connectivity index (χ2v) is 7.06. The van der Waals surface area contributed by atoms with Gasteiger partial charge in [-0.15, -0.1) is 0 Å². The van der Waals surface area contributed by atoms with Gasteiger partial charge in [-0.3, -0.25) is 0 Å². The highest BCUT2D eigenvalue weighted by Gasteiger charge is 2.18. The first-order valence-electron chi connectivity index (χ1n) is 9.20. The molecule has 0 amide bonds. The highest BCUT2D eigenvalue weighted by atomic mass is 16.3. The van der Waals surface area contributed by atoms with E-state index in [9.17, 15) is 0 Å². The number of nitrogens with zero attached hydrogens (tertiary/aromatic N) is 1. The van der Waals surface area contributed by atoms with E-state index in [-0.39, 0.29) is 0 Å². The summed E-state index contributed by atoms with van der Waals surface area (Å²) in [5, 5.41) is 4.92. The van der Waals surface area contributed by atoms with Crippen LogP contribution in [0.1, 0.15) is 0 Å². The van der Waals surface area contributed by atoms with Crippen LogP contribution in [0, 0.1) is 0 Å². The van der Waals surface area contributed by atoms with E-state index in [0.717, 1.165) is 16.7 Å². The van der Waals surface area contributed by atoms with Crippen LogP contribution >= 0.6 is 0 Å². The Balaban J connectivity index is 1.83. The molecule has 2 aromatic heterocycles. The molecule has 0 N–H and O–H groups in total. The predicted octanol–water partition coefficient (Wildman–Crippen LogP) is 6.90. The summed E-state index contributed by atoms with van der Waals surface area (Å²) in [4.78, 5) is 0. The molecule has 2 nitrogen and oxygen atoms in total.